The number of imidazole rings is 1. The average molecular weight is 280 g/mol. The van der Waals surface area contributed by atoms with E-state index >= 15 is 0 Å². The van der Waals surface area contributed by atoms with Crippen LogP contribution < -0.4 is 4.90 Å². The van der Waals surface area contributed by atoms with Gasteiger partial charge in [0.2, 0.25) is 0 Å². The largest absolute Gasteiger partial charge is 0.416 e. The van der Waals surface area contributed by atoms with Crippen LogP contribution in [0.5, 0.6) is 0 Å². The summed E-state index contributed by atoms with van der Waals surface area (Å²) in [6.07, 6.45) is 1.78. The number of rotatable bonds is 2. The van der Waals surface area contributed by atoms with Gasteiger partial charge in [-0.15, -0.1) is 0 Å². The first-order valence-corrected chi connectivity index (χ1v) is 6.01. The van der Waals surface area contributed by atoms with Crippen molar-refractivity contribution in [3.05, 3.63) is 42.5 Å². The van der Waals surface area contributed by atoms with Crippen LogP contribution in [0.3, 0.4) is 0 Å². The van der Waals surface area contributed by atoms with E-state index in [-0.39, 0.29) is 0 Å². The average Bonchev–Trinajstić information content (AvgIpc) is 3.10. The molecule has 1 aromatic carbocycles. The summed E-state index contributed by atoms with van der Waals surface area (Å²) >= 11 is 0. The van der Waals surface area contributed by atoms with Crippen molar-refractivity contribution < 1.29 is 13.2 Å². The molecule has 0 radical (unpaired) electrons. The molecule has 0 spiro atoms. The molecule has 104 valence electrons. The Hall–Kier alpha value is -2.31. The maximum atomic E-state index is 13.0. The Morgan fingerprint density at radius 3 is 2.50 bits per heavy atom. The number of hydrogen-bond donors (Lipinski definition) is 0. The van der Waals surface area contributed by atoms with E-state index < -0.39 is 11.7 Å². The monoisotopic (exact) mass is 280 g/mol. The summed E-state index contributed by atoms with van der Waals surface area (Å²) in [5.41, 5.74) is 0.219. The summed E-state index contributed by atoms with van der Waals surface area (Å²) in [5.74, 6) is 0. The molecular formula is C13H11F3N4. The van der Waals surface area contributed by atoms with Crippen molar-refractivity contribution in [2.75, 3.05) is 18.0 Å². The standard InChI is InChI=1S/C13H11F3N4/c14-13(15,16)10-5-11(19-3-1-17-8-19)7-12(6-10)20-4-2-18-9-20/h1,3,5-9H,2,4H2. The molecule has 3 rings (SSSR count). The Kier molecular flexibility index (Phi) is 2.96. The minimum absolute atomic E-state index is 0.424. The molecule has 0 bridgehead atoms. The van der Waals surface area contributed by atoms with E-state index in [1.807, 2.05) is 0 Å². The number of benzene rings is 1. The van der Waals surface area contributed by atoms with E-state index in [0.717, 1.165) is 12.1 Å². The molecule has 4 nitrogen and oxygen atoms in total. The van der Waals surface area contributed by atoms with Crippen LogP contribution in [0.15, 0.2) is 41.9 Å². The van der Waals surface area contributed by atoms with Gasteiger partial charge in [0.15, 0.2) is 0 Å². The number of aliphatic imine (C=N–C) groups is 1. The van der Waals surface area contributed by atoms with Gasteiger partial charge in [-0.3, -0.25) is 4.99 Å². The number of aromatic nitrogens is 2. The minimum atomic E-state index is -4.39. The quantitative estimate of drug-likeness (QED) is 0.847. The molecule has 7 heteroatoms. The molecule has 0 amide bonds. The van der Waals surface area contributed by atoms with Gasteiger partial charge in [0.05, 0.1) is 24.8 Å². The van der Waals surface area contributed by atoms with Gasteiger partial charge in [-0.1, -0.05) is 0 Å². The first-order chi connectivity index (χ1) is 9.54. The Morgan fingerprint density at radius 2 is 1.90 bits per heavy atom. The van der Waals surface area contributed by atoms with E-state index in [0.29, 0.717) is 24.5 Å². The van der Waals surface area contributed by atoms with Crippen LogP contribution in [0.25, 0.3) is 5.69 Å². The number of hydrogen-bond acceptors (Lipinski definition) is 3. The second kappa shape index (κ2) is 4.66. The lowest BCUT2D eigenvalue weighted by atomic mass is 10.1. The molecule has 0 unspecified atom stereocenters. The number of anilines is 1. The van der Waals surface area contributed by atoms with Gasteiger partial charge < -0.3 is 9.47 Å². The van der Waals surface area contributed by atoms with E-state index in [2.05, 4.69) is 9.98 Å². The predicted octanol–water partition coefficient (Wildman–Crippen LogP) is 2.74. The molecule has 1 aliphatic rings. The summed E-state index contributed by atoms with van der Waals surface area (Å²) < 4.78 is 40.5. The fraction of sp³-hybridized carbons (Fsp3) is 0.231. The SMILES string of the molecule is FC(F)(F)c1cc(N2C=NCC2)cc(-n2ccnc2)c1. The maximum absolute atomic E-state index is 13.0. The highest BCUT2D eigenvalue weighted by molar-refractivity contribution is 5.82. The number of alkyl halides is 3. The lowest BCUT2D eigenvalue weighted by Gasteiger charge is -2.18. The van der Waals surface area contributed by atoms with Crippen LogP contribution in [0.1, 0.15) is 5.56 Å². The minimum Gasteiger partial charge on any atom is -0.331 e. The van der Waals surface area contributed by atoms with Crippen LogP contribution in [-0.2, 0) is 6.18 Å². The molecule has 1 aliphatic heterocycles. The third kappa shape index (κ3) is 2.38. The van der Waals surface area contributed by atoms with Crippen molar-refractivity contribution >= 4 is 12.0 Å². The highest BCUT2D eigenvalue weighted by atomic mass is 19.4. The Labute approximate surface area is 113 Å². The molecule has 0 fully saturated rings. The Balaban J connectivity index is 2.10. The van der Waals surface area contributed by atoms with Gasteiger partial charge in [0, 0.05) is 30.3 Å². The van der Waals surface area contributed by atoms with Crippen LogP contribution in [0.2, 0.25) is 0 Å². The zero-order chi connectivity index (χ0) is 14.2. The highest BCUT2D eigenvalue weighted by Gasteiger charge is 2.32. The fourth-order valence-corrected chi connectivity index (χ4v) is 2.06. The van der Waals surface area contributed by atoms with E-state index in [1.54, 1.807) is 28.1 Å². The van der Waals surface area contributed by atoms with Gasteiger partial charge in [0.1, 0.15) is 0 Å². The zero-order valence-corrected chi connectivity index (χ0v) is 10.4. The molecular weight excluding hydrogens is 269 g/mol. The summed E-state index contributed by atoms with van der Waals surface area (Å²) in [6, 6.07) is 3.93. The second-order valence-electron chi connectivity index (χ2n) is 4.42. The Morgan fingerprint density at radius 1 is 1.10 bits per heavy atom. The van der Waals surface area contributed by atoms with Crippen molar-refractivity contribution in [1.29, 1.82) is 0 Å². The van der Waals surface area contributed by atoms with Crippen LogP contribution in [0.4, 0.5) is 18.9 Å². The van der Waals surface area contributed by atoms with E-state index in [9.17, 15) is 13.2 Å². The van der Waals surface area contributed by atoms with Crippen molar-refractivity contribution in [3.8, 4) is 5.69 Å². The lowest BCUT2D eigenvalue weighted by Crippen LogP contribution is -2.19. The van der Waals surface area contributed by atoms with Gasteiger partial charge in [-0.05, 0) is 18.2 Å². The molecule has 0 atom stereocenters. The van der Waals surface area contributed by atoms with Crippen molar-refractivity contribution in [2.45, 2.75) is 6.18 Å². The molecule has 0 saturated carbocycles. The normalized spacial score (nSPS) is 15.1. The van der Waals surface area contributed by atoms with Crippen molar-refractivity contribution in [2.24, 2.45) is 4.99 Å². The van der Waals surface area contributed by atoms with Crippen LogP contribution in [0, 0.1) is 0 Å². The topological polar surface area (TPSA) is 33.4 Å². The number of halogens is 3. The van der Waals surface area contributed by atoms with E-state index in [1.165, 1.54) is 12.5 Å². The Bertz CT molecular complexity index is 632. The third-order valence-corrected chi connectivity index (χ3v) is 3.06. The molecule has 0 saturated heterocycles. The predicted molar refractivity (Wildman–Crippen MR) is 69.3 cm³/mol. The summed E-state index contributed by atoms with van der Waals surface area (Å²) in [7, 11) is 0. The van der Waals surface area contributed by atoms with Gasteiger partial charge in [-0.25, -0.2) is 4.98 Å². The molecule has 0 aliphatic carbocycles. The summed E-state index contributed by atoms with van der Waals surface area (Å²) in [5, 5.41) is 0. The second-order valence-corrected chi connectivity index (χ2v) is 4.42. The van der Waals surface area contributed by atoms with Crippen molar-refractivity contribution in [3.63, 3.8) is 0 Å². The molecule has 0 N–H and O–H groups in total. The van der Waals surface area contributed by atoms with E-state index in [4.69, 9.17) is 0 Å². The smallest absolute Gasteiger partial charge is 0.331 e. The maximum Gasteiger partial charge on any atom is 0.416 e. The van der Waals surface area contributed by atoms with Crippen molar-refractivity contribution in [1.82, 2.24) is 9.55 Å². The summed E-state index contributed by atoms with van der Waals surface area (Å²) in [4.78, 5) is 9.59. The fourth-order valence-electron chi connectivity index (χ4n) is 2.06. The molecule has 20 heavy (non-hydrogen) atoms. The zero-order valence-electron chi connectivity index (χ0n) is 10.4. The first kappa shape index (κ1) is 12.7. The third-order valence-electron chi connectivity index (χ3n) is 3.06. The molecule has 2 aromatic rings. The molecule has 2 heterocycles. The number of nitrogens with zero attached hydrogens (tertiary/aromatic N) is 4. The van der Waals surface area contributed by atoms with Gasteiger partial charge in [-0.2, -0.15) is 13.2 Å². The first-order valence-electron chi connectivity index (χ1n) is 6.01. The summed E-state index contributed by atoms with van der Waals surface area (Å²) in [6.45, 7) is 1.18. The van der Waals surface area contributed by atoms with Crippen LogP contribution in [-0.4, -0.2) is 29.0 Å². The highest BCUT2D eigenvalue weighted by Crippen LogP contribution is 2.34. The van der Waals surface area contributed by atoms with Crippen LogP contribution >= 0.6 is 0 Å². The molecule has 1 aromatic heterocycles. The lowest BCUT2D eigenvalue weighted by molar-refractivity contribution is -0.137. The van der Waals surface area contributed by atoms with Gasteiger partial charge >= 0.3 is 6.18 Å². The van der Waals surface area contributed by atoms with Gasteiger partial charge in [0.25, 0.3) is 0 Å².